The Morgan fingerprint density at radius 3 is 2.69 bits per heavy atom. The lowest BCUT2D eigenvalue weighted by Crippen LogP contribution is -2.06. The lowest BCUT2D eigenvalue weighted by molar-refractivity contribution is 0.504. The van der Waals surface area contributed by atoms with Crippen molar-refractivity contribution in [1.82, 2.24) is 20.1 Å². The number of hydrogen-bond donors (Lipinski definition) is 1. The first kappa shape index (κ1) is 10.9. The molecule has 0 aliphatic heterocycles. The molecule has 0 aliphatic rings. The third-order valence-corrected chi connectivity index (χ3v) is 2.73. The second-order valence-corrected chi connectivity index (χ2v) is 3.86. The summed E-state index contributed by atoms with van der Waals surface area (Å²) in [5.41, 5.74) is 4.12. The predicted molar refractivity (Wildman–Crippen MR) is 60.6 cm³/mol. The van der Waals surface area contributed by atoms with E-state index in [2.05, 4.69) is 15.4 Å². The van der Waals surface area contributed by atoms with Crippen LogP contribution in [-0.2, 0) is 6.54 Å². The van der Waals surface area contributed by atoms with Crippen LogP contribution >= 0.6 is 0 Å². The third-order valence-electron chi connectivity index (χ3n) is 2.73. The molecule has 2 aromatic rings. The van der Waals surface area contributed by atoms with Crippen LogP contribution in [0.3, 0.4) is 0 Å². The fraction of sp³-hybridized carbons (Fsp3) is 0.455. The van der Waals surface area contributed by atoms with Crippen molar-refractivity contribution >= 4 is 0 Å². The minimum absolute atomic E-state index is 0.527. The van der Waals surface area contributed by atoms with Gasteiger partial charge in [0.25, 0.3) is 0 Å². The molecule has 0 radical (unpaired) electrons. The van der Waals surface area contributed by atoms with Crippen LogP contribution in [0.5, 0.6) is 0 Å². The molecule has 1 N–H and O–H groups in total. The molecule has 0 fully saturated rings. The van der Waals surface area contributed by atoms with Crippen molar-refractivity contribution in [3.63, 3.8) is 0 Å². The zero-order chi connectivity index (χ0) is 11.7. The molecule has 0 aromatic carbocycles. The molecule has 16 heavy (non-hydrogen) atoms. The van der Waals surface area contributed by atoms with Gasteiger partial charge in [-0.15, -0.1) is 0 Å². The van der Waals surface area contributed by atoms with Gasteiger partial charge in [-0.1, -0.05) is 0 Å². The van der Waals surface area contributed by atoms with Gasteiger partial charge in [-0.3, -0.25) is 0 Å². The molecular weight excluding hydrogens is 204 g/mol. The second-order valence-electron chi connectivity index (χ2n) is 3.86. The molecule has 0 saturated heterocycles. The first-order valence-corrected chi connectivity index (χ1v) is 5.25. The van der Waals surface area contributed by atoms with Crippen molar-refractivity contribution in [2.45, 2.75) is 27.3 Å². The number of hydrogen-bond acceptors (Lipinski definition) is 4. The molecule has 0 unspecified atom stereocenters. The Balaban J connectivity index is 2.38. The fourth-order valence-corrected chi connectivity index (χ4v) is 1.56. The van der Waals surface area contributed by atoms with Gasteiger partial charge >= 0.3 is 6.01 Å². The van der Waals surface area contributed by atoms with Crippen molar-refractivity contribution in [3.8, 4) is 6.01 Å². The maximum Gasteiger partial charge on any atom is 0.323 e. The number of aryl methyl sites for hydroxylation is 1. The highest BCUT2D eigenvalue weighted by molar-refractivity contribution is 5.27. The van der Waals surface area contributed by atoms with Gasteiger partial charge in [-0.25, -0.2) is 0 Å². The summed E-state index contributed by atoms with van der Waals surface area (Å²) in [6.07, 6.45) is 1.65. The molecule has 2 rings (SSSR count). The van der Waals surface area contributed by atoms with Gasteiger partial charge in [0.1, 0.15) is 6.26 Å². The fourth-order valence-electron chi connectivity index (χ4n) is 1.56. The monoisotopic (exact) mass is 220 g/mol. The predicted octanol–water partition coefficient (Wildman–Crippen LogP) is 1.50. The van der Waals surface area contributed by atoms with E-state index >= 15 is 0 Å². The maximum absolute atomic E-state index is 5.40. The largest absolute Gasteiger partial charge is 0.430 e. The third kappa shape index (κ3) is 1.74. The zero-order valence-electron chi connectivity index (χ0n) is 10.0. The SMILES string of the molecule is CNCc1coc(-n2nc(C)c(C)c2C)n1. The standard InChI is InChI=1S/C11H16N4O/c1-7-8(2)14-15(9(7)3)11-13-10(5-12-4)6-16-11/h6,12H,5H2,1-4H3. The molecule has 0 atom stereocenters. The Labute approximate surface area is 94.5 Å². The lowest BCUT2D eigenvalue weighted by Gasteiger charge is -1.97. The Hall–Kier alpha value is -1.62. The molecule has 5 nitrogen and oxygen atoms in total. The number of nitrogens with one attached hydrogen (secondary N) is 1. The van der Waals surface area contributed by atoms with E-state index in [0.29, 0.717) is 12.6 Å². The number of rotatable bonds is 3. The molecule has 0 amide bonds. The number of oxazole rings is 1. The van der Waals surface area contributed by atoms with Crippen molar-refractivity contribution in [2.75, 3.05) is 7.05 Å². The van der Waals surface area contributed by atoms with Crippen LogP contribution in [0.2, 0.25) is 0 Å². The minimum atomic E-state index is 0.527. The zero-order valence-corrected chi connectivity index (χ0v) is 10.0. The Morgan fingerprint density at radius 2 is 2.12 bits per heavy atom. The molecule has 2 heterocycles. The highest BCUT2D eigenvalue weighted by Gasteiger charge is 2.13. The summed E-state index contributed by atoms with van der Waals surface area (Å²) >= 11 is 0. The summed E-state index contributed by atoms with van der Waals surface area (Å²) in [7, 11) is 1.88. The summed E-state index contributed by atoms with van der Waals surface area (Å²) < 4.78 is 7.14. The van der Waals surface area contributed by atoms with Crippen LogP contribution in [0, 0.1) is 20.8 Å². The van der Waals surface area contributed by atoms with E-state index in [1.54, 1.807) is 10.9 Å². The number of aromatic nitrogens is 3. The lowest BCUT2D eigenvalue weighted by atomic mass is 10.2. The number of nitrogens with zero attached hydrogens (tertiary/aromatic N) is 3. The highest BCUT2D eigenvalue weighted by Crippen LogP contribution is 2.16. The van der Waals surface area contributed by atoms with Gasteiger partial charge in [0, 0.05) is 12.2 Å². The van der Waals surface area contributed by atoms with Gasteiger partial charge in [0.05, 0.1) is 11.4 Å². The molecule has 86 valence electrons. The van der Waals surface area contributed by atoms with E-state index in [4.69, 9.17) is 4.42 Å². The summed E-state index contributed by atoms with van der Waals surface area (Å²) in [6, 6.07) is 0.527. The van der Waals surface area contributed by atoms with E-state index in [1.165, 1.54) is 5.56 Å². The Morgan fingerprint density at radius 1 is 1.38 bits per heavy atom. The van der Waals surface area contributed by atoms with Crippen LogP contribution < -0.4 is 5.32 Å². The van der Waals surface area contributed by atoms with Crippen LogP contribution in [0.4, 0.5) is 0 Å². The minimum Gasteiger partial charge on any atom is -0.430 e. The van der Waals surface area contributed by atoms with Gasteiger partial charge in [-0.2, -0.15) is 14.8 Å². The Kier molecular flexibility index (Phi) is 2.78. The van der Waals surface area contributed by atoms with Gasteiger partial charge < -0.3 is 9.73 Å². The normalized spacial score (nSPS) is 11.0. The van der Waals surface area contributed by atoms with Crippen LogP contribution in [0.15, 0.2) is 10.7 Å². The highest BCUT2D eigenvalue weighted by atomic mass is 16.4. The van der Waals surface area contributed by atoms with Crippen LogP contribution in [0.25, 0.3) is 6.01 Å². The summed E-state index contributed by atoms with van der Waals surface area (Å²) in [4.78, 5) is 4.36. The topological polar surface area (TPSA) is 55.9 Å². The van der Waals surface area contributed by atoms with Crippen LogP contribution in [-0.4, -0.2) is 21.8 Å². The van der Waals surface area contributed by atoms with Crippen molar-refractivity contribution in [1.29, 1.82) is 0 Å². The molecule has 2 aromatic heterocycles. The maximum atomic E-state index is 5.40. The first-order chi connectivity index (χ1) is 7.63. The average molecular weight is 220 g/mol. The molecule has 0 spiro atoms. The first-order valence-electron chi connectivity index (χ1n) is 5.25. The molecular formula is C11H16N4O. The average Bonchev–Trinajstić information content (AvgIpc) is 2.80. The molecule has 0 bridgehead atoms. The molecule has 0 aliphatic carbocycles. The van der Waals surface area contributed by atoms with E-state index in [1.807, 2.05) is 27.8 Å². The van der Waals surface area contributed by atoms with E-state index in [-0.39, 0.29) is 0 Å². The second kappa shape index (κ2) is 4.09. The van der Waals surface area contributed by atoms with Crippen molar-refractivity contribution in [2.24, 2.45) is 0 Å². The summed E-state index contributed by atoms with van der Waals surface area (Å²) in [5.74, 6) is 0. The van der Waals surface area contributed by atoms with E-state index in [0.717, 1.165) is 17.1 Å². The van der Waals surface area contributed by atoms with Crippen molar-refractivity contribution in [3.05, 3.63) is 28.9 Å². The van der Waals surface area contributed by atoms with Gasteiger partial charge in [0.2, 0.25) is 0 Å². The molecule has 0 saturated carbocycles. The van der Waals surface area contributed by atoms with Crippen LogP contribution in [0.1, 0.15) is 22.6 Å². The van der Waals surface area contributed by atoms with Gasteiger partial charge in [0.15, 0.2) is 0 Å². The molecule has 5 heteroatoms. The van der Waals surface area contributed by atoms with Gasteiger partial charge in [-0.05, 0) is 33.4 Å². The summed E-state index contributed by atoms with van der Waals surface area (Å²) in [6.45, 7) is 6.74. The van der Waals surface area contributed by atoms with Crippen molar-refractivity contribution < 1.29 is 4.42 Å². The van der Waals surface area contributed by atoms with E-state index < -0.39 is 0 Å². The summed E-state index contributed by atoms with van der Waals surface area (Å²) in [5, 5.41) is 7.42. The van der Waals surface area contributed by atoms with E-state index in [9.17, 15) is 0 Å². The smallest absolute Gasteiger partial charge is 0.323 e. The quantitative estimate of drug-likeness (QED) is 0.851. The Bertz CT molecular complexity index is 498.